The summed E-state index contributed by atoms with van der Waals surface area (Å²) in [6, 6.07) is 16.8. The van der Waals surface area contributed by atoms with E-state index in [4.69, 9.17) is 9.47 Å². The normalized spacial score (nSPS) is 13.8. The van der Waals surface area contributed by atoms with Crippen molar-refractivity contribution in [3.05, 3.63) is 70.8 Å². The second-order valence-corrected chi connectivity index (χ2v) is 7.59. The van der Waals surface area contributed by atoms with Gasteiger partial charge in [0.05, 0.1) is 18.0 Å². The number of carbonyl (C=O) groups excluding carboxylic acids is 1. The van der Waals surface area contributed by atoms with E-state index in [9.17, 15) is 9.59 Å². The molecular formula is C24H28N4O4. The van der Waals surface area contributed by atoms with Gasteiger partial charge in [0.15, 0.2) is 0 Å². The smallest absolute Gasteiger partial charge is 0.331 e. The SMILES string of the molecule is COCCCOc1cccc(-n2c(-c3ccccc3)c(C(=O)N3CCNCC3)[nH]c2=O)c1. The first-order valence-electron chi connectivity index (χ1n) is 10.8. The fourth-order valence-corrected chi connectivity index (χ4v) is 3.84. The van der Waals surface area contributed by atoms with Crippen LogP contribution in [-0.4, -0.2) is 66.9 Å². The highest BCUT2D eigenvalue weighted by Gasteiger charge is 2.27. The first kappa shape index (κ1) is 21.9. The van der Waals surface area contributed by atoms with E-state index in [1.807, 2.05) is 54.6 Å². The molecule has 0 unspecified atom stereocenters. The van der Waals surface area contributed by atoms with Gasteiger partial charge >= 0.3 is 5.69 Å². The molecule has 3 aromatic rings. The Balaban J connectivity index is 1.75. The summed E-state index contributed by atoms with van der Waals surface area (Å²) in [6.45, 7) is 3.81. The molecule has 0 radical (unpaired) electrons. The molecule has 0 bridgehead atoms. The minimum absolute atomic E-state index is 0.173. The van der Waals surface area contributed by atoms with Crippen LogP contribution in [0.15, 0.2) is 59.4 Å². The number of hydrogen-bond acceptors (Lipinski definition) is 5. The number of carbonyl (C=O) groups is 1. The highest BCUT2D eigenvalue weighted by Crippen LogP contribution is 2.27. The third kappa shape index (κ3) is 4.76. The van der Waals surface area contributed by atoms with Gasteiger partial charge in [-0.2, -0.15) is 0 Å². The number of aromatic nitrogens is 2. The van der Waals surface area contributed by atoms with Crippen molar-refractivity contribution in [1.29, 1.82) is 0 Å². The molecule has 1 aliphatic heterocycles. The minimum atomic E-state index is -0.362. The maximum atomic E-state index is 13.3. The predicted octanol–water partition coefficient (Wildman–Crippen LogP) is 2.29. The number of rotatable bonds is 8. The number of nitrogens with one attached hydrogen (secondary N) is 2. The number of imidazole rings is 1. The van der Waals surface area contributed by atoms with Crippen molar-refractivity contribution >= 4 is 5.91 Å². The summed E-state index contributed by atoms with van der Waals surface area (Å²) >= 11 is 0. The standard InChI is InChI=1S/C24H28N4O4/c1-31-15-6-16-32-20-10-5-9-19(17-20)28-22(18-7-3-2-4-8-18)21(26-24(28)30)23(29)27-13-11-25-12-14-27/h2-5,7-10,17,25H,6,11-16H2,1H3,(H,26,30). The van der Waals surface area contributed by atoms with Crippen LogP contribution in [0.3, 0.4) is 0 Å². The quantitative estimate of drug-likeness (QED) is 0.529. The van der Waals surface area contributed by atoms with E-state index in [2.05, 4.69) is 10.3 Å². The van der Waals surface area contributed by atoms with Gasteiger partial charge in [-0.1, -0.05) is 36.4 Å². The zero-order valence-electron chi connectivity index (χ0n) is 18.2. The van der Waals surface area contributed by atoms with Crippen LogP contribution >= 0.6 is 0 Å². The fraction of sp³-hybridized carbons (Fsp3) is 0.333. The van der Waals surface area contributed by atoms with Gasteiger partial charge in [-0.25, -0.2) is 4.79 Å². The summed E-state index contributed by atoms with van der Waals surface area (Å²) in [4.78, 5) is 31.0. The number of amides is 1. The molecule has 32 heavy (non-hydrogen) atoms. The number of nitrogens with zero attached hydrogens (tertiary/aromatic N) is 2. The van der Waals surface area contributed by atoms with Crippen molar-refractivity contribution in [2.24, 2.45) is 0 Å². The average molecular weight is 437 g/mol. The summed E-state index contributed by atoms with van der Waals surface area (Å²) in [6.07, 6.45) is 0.767. The Morgan fingerprint density at radius 2 is 1.81 bits per heavy atom. The van der Waals surface area contributed by atoms with Gasteiger partial charge in [-0.15, -0.1) is 0 Å². The van der Waals surface area contributed by atoms with Crippen molar-refractivity contribution in [3.8, 4) is 22.7 Å². The van der Waals surface area contributed by atoms with E-state index < -0.39 is 0 Å². The van der Waals surface area contributed by atoms with Gasteiger partial charge in [0.2, 0.25) is 0 Å². The van der Waals surface area contributed by atoms with Crippen LogP contribution in [0.5, 0.6) is 5.75 Å². The first-order valence-corrected chi connectivity index (χ1v) is 10.8. The van der Waals surface area contributed by atoms with E-state index >= 15 is 0 Å². The Morgan fingerprint density at radius 1 is 1.03 bits per heavy atom. The van der Waals surface area contributed by atoms with Crippen LogP contribution in [0.4, 0.5) is 0 Å². The molecule has 0 aliphatic carbocycles. The third-order valence-electron chi connectivity index (χ3n) is 5.40. The molecule has 4 rings (SSSR count). The van der Waals surface area contributed by atoms with Crippen LogP contribution in [0.25, 0.3) is 16.9 Å². The summed E-state index contributed by atoms with van der Waals surface area (Å²) in [5.41, 5.74) is 1.91. The van der Waals surface area contributed by atoms with Crippen LogP contribution in [0.1, 0.15) is 16.9 Å². The van der Waals surface area contributed by atoms with Crippen LogP contribution in [0, 0.1) is 0 Å². The molecule has 0 spiro atoms. The van der Waals surface area contributed by atoms with E-state index in [0.29, 0.717) is 49.1 Å². The topological polar surface area (TPSA) is 88.6 Å². The molecule has 8 heteroatoms. The molecule has 168 valence electrons. The van der Waals surface area contributed by atoms with E-state index in [1.54, 1.807) is 16.6 Å². The average Bonchev–Trinajstić information content (AvgIpc) is 3.19. The number of H-pyrrole nitrogens is 1. The Hall–Kier alpha value is -3.36. The van der Waals surface area contributed by atoms with Gasteiger partial charge in [0, 0.05) is 57.9 Å². The molecule has 1 fully saturated rings. The van der Waals surface area contributed by atoms with Crippen LogP contribution in [-0.2, 0) is 4.74 Å². The van der Waals surface area contributed by atoms with Crippen molar-refractivity contribution in [3.63, 3.8) is 0 Å². The zero-order valence-corrected chi connectivity index (χ0v) is 18.2. The minimum Gasteiger partial charge on any atom is -0.493 e. The molecule has 1 saturated heterocycles. The van der Waals surface area contributed by atoms with Crippen molar-refractivity contribution in [2.75, 3.05) is 46.5 Å². The molecule has 0 atom stereocenters. The highest BCUT2D eigenvalue weighted by molar-refractivity contribution is 5.98. The predicted molar refractivity (Wildman–Crippen MR) is 123 cm³/mol. The van der Waals surface area contributed by atoms with Gasteiger partial charge in [0.25, 0.3) is 5.91 Å². The monoisotopic (exact) mass is 436 g/mol. The first-order chi connectivity index (χ1) is 15.7. The molecule has 1 amide bonds. The molecule has 1 aromatic heterocycles. The highest BCUT2D eigenvalue weighted by atomic mass is 16.5. The van der Waals surface area contributed by atoms with Crippen LogP contribution in [0.2, 0.25) is 0 Å². The second kappa shape index (κ2) is 10.3. The maximum absolute atomic E-state index is 13.3. The van der Waals surface area contributed by atoms with E-state index in [1.165, 1.54) is 0 Å². The third-order valence-corrected chi connectivity index (χ3v) is 5.40. The van der Waals surface area contributed by atoms with Gasteiger partial charge in [-0.05, 0) is 12.1 Å². The molecule has 2 N–H and O–H groups in total. The van der Waals surface area contributed by atoms with E-state index in [0.717, 1.165) is 25.1 Å². The van der Waals surface area contributed by atoms with Crippen molar-refractivity contribution in [1.82, 2.24) is 19.8 Å². The Kier molecular flexibility index (Phi) is 7.03. The van der Waals surface area contributed by atoms with Gasteiger partial charge in [0.1, 0.15) is 11.4 Å². The van der Waals surface area contributed by atoms with Crippen molar-refractivity contribution in [2.45, 2.75) is 6.42 Å². The lowest BCUT2D eigenvalue weighted by Gasteiger charge is -2.27. The summed E-state index contributed by atoms with van der Waals surface area (Å²) < 4.78 is 12.4. The Labute approximate surface area is 186 Å². The number of methoxy groups -OCH3 is 1. The zero-order chi connectivity index (χ0) is 22.3. The fourth-order valence-electron chi connectivity index (χ4n) is 3.84. The number of benzene rings is 2. The molecule has 2 heterocycles. The Morgan fingerprint density at radius 3 is 2.56 bits per heavy atom. The summed E-state index contributed by atoms with van der Waals surface area (Å²) in [5, 5.41) is 3.25. The van der Waals surface area contributed by atoms with Crippen LogP contribution < -0.4 is 15.7 Å². The largest absolute Gasteiger partial charge is 0.493 e. The number of ether oxygens (including phenoxy) is 2. The maximum Gasteiger partial charge on any atom is 0.331 e. The van der Waals surface area contributed by atoms with E-state index in [-0.39, 0.29) is 11.6 Å². The number of piperazine rings is 1. The number of aromatic amines is 1. The molecule has 8 nitrogen and oxygen atoms in total. The van der Waals surface area contributed by atoms with Gasteiger partial charge in [-0.3, -0.25) is 9.36 Å². The lowest BCUT2D eigenvalue weighted by Crippen LogP contribution is -2.46. The lowest BCUT2D eigenvalue weighted by molar-refractivity contribution is 0.0731. The lowest BCUT2D eigenvalue weighted by atomic mass is 10.1. The Bertz CT molecular complexity index is 1100. The van der Waals surface area contributed by atoms with Gasteiger partial charge < -0.3 is 24.7 Å². The second-order valence-electron chi connectivity index (χ2n) is 7.59. The van der Waals surface area contributed by atoms with Crippen molar-refractivity contribution < 1.29 is 14.3 Å². The summed E-state index contributed by atoms with van der Waals surface area (Å²) in [7, 11) is 1.66. The molecule has 2 aromatic carbocycles. The molecule has 1 aliphatic rings. The summed E-state index contributed by atoms with van der Waals surface area (Å²) in [5.74, 6) is 0.480. The molecule has 0 saturated carbocycles. The molecular weight excluding hydrogens is 408 g/mol. The number of hydrogen-bond donors (Lipinski definition) is 2.